The van der Waals surface area contributed by atoms with Gasteiger partial charge in [0.1, 0.15) is 4.47 Å². The molecule has 2 N–H and O–H groups in total. The molecule has 0 spiro atoms. The van der Waals surface area contributed by atoms with E-state index in [0.717, 1.165) is 19.4 Å². The van der Waals surface area contributed by atoms with Gasteiger partial charge >= 0.3 is 0 Å². The van der Waals surface area contributed by atoms with Crippen molar-refractivity contribution in [1.29, 1.82) is 0 Å². The maximum atomic E-state index is 12.0. The molecule has 0 saturated carbocycles. The van der Waals surface area contributed by atoms with E-state index < -0.39 is 0 Å². The number of aliphatic hydroxyl groups is 1. The van der Waals surface area contributed by atoms with Crippen molar-refractivity contribution in [3.63, 3.8) is 0 Å². The molecule has 0 saturated heterocycles. The SMILES string of the molecule is COCCn1ncc(NCCCC(C)CO)c(Br)c1=O. The number of ether oxygens (including phenoxy) is 1. The molecule has 0 aliphatic carbocycles. The van der Waals surface area contributed by atoms with Crippen LogP contribution in [0.5, 0.6) is 0 Å². The minimum atomic E-state index is -0.171. The van der Waals surface area contributed by atoms with Gasteiger partial charge in [-0.25, -0.2) is 4.68 Å². The van der Waals surface area contributed by atoms with Gasteiger partial charge in [0.05, 0.1) is 25.0 Å². The monoisotopic (exact) mass is 347 g/mol. The first-order valence-electron chi connectivity index (χ1n) is 6.69. The number of hydrogen-bond donors (Lipinski definition) is 2. The standard InChI is InChI=1S/C13H22BrN3O3/c1-10(9-18)4-3-5-15-11-8-16-17(6-7-20-2)13(19)12(11)14/h8,10,15,18H,3-7,9H2,1-2H3. The van der Waals surface area contributed by atoms with Crippen molar-refractivity contribution < 1.29 is 9.84 Å². The predicted molar refractivity (Wildman–Crippen MR) is 82.0 cm³/mol. The second-order valence-corrected chi connectivity index (χ2v) is 5.54. The van der Waals surface area contributed by atoms with Crippen LogP contribution in [-0.4, -0.2) is 41.8 Å². The first-order chi connectivity index (χ1) is 9.60. The maximum Gasteiger partial charge on any atom is 0.283 e. The zero-order valence-corrected chi connectivity index (χ0v) is 13.5. The molecular formula is C13H22BrN3O3. The number of aromatic nitrogens is 2. The minimum Gasteiger partial charge on any atom is -0.396 e. The van der Waals surface area contributed by atoms with Gasteiger partial charge in [0, 0.05) is 20.3 Å². The number of nitrogens with zero attached hydrogens (tertiary/aromatic N) is 2. The van der Waals surface area contributed by atoms with Gasteiger partial charge in [0.25, 0.3) is 5.56 Å². The summed E-state index contributed by atoms with van der Waals surface area (Å²) in [7, 11) is 1.59. The summed E-state index contributed by atoms with van der Waals surface area (Å²) in [6, 6.07) is 0. The average molecular weight is 348 g/mol. The van der Waals surface area contributed by atoms with E-state index in [1.807, 2.05) is 6.92 Å². The summed E-state index contributed by atoms with van der Waals surface area (Å²) in [6.07, 6.45) is 3.51. The van der Waals surface area contributed by atoms with Crippen LogP contribution in [0.25, 0.3) is 0 Å². The van der Waals surface area contributed by atoms with E-state index in [0.29, 0.717) is 29.2 Å². The highest BCUT2D eigenvalue weighted by molar-refractivity contribution is 9.10. The van der Waals surface area contributed by atoms with E-state index >= 15 is 0 Å². The fourth-order valence-corrected chi connectivity index (χ4v) is 2.14. The van der Waals surface area contributed by atoms with Gasteiger partial charge in [0.15, 0.2) is 0 Å². The number of rotatable bonds is 9. The van der Waals surface area contributed by atoms with Crippen LogP contribution >= 0.6 is 15.9 Å². The molecule has 0 aromatic carbocycles. The van der Waals surface area contributed by atoms with Crippen LogP contribution in [0.3, 0.4) is 0 Å². The number of nitrogens with one attached hydrogen (secondary N) is 1. The Morgan fingerprint density at radius 1 is 1.60 bits per heavy atom. The van der Waals surface area contributed by atoms with E-state index in [9.17, 15) is 4.79 Å². The van der Waals surface area contributed by atoms with Gasteiger partial charge in [-0.1, -0.05) is 6.92 Å². The van der Waals surface area contributed by atoms with Crippen molar-refractivity contribution >= 4 is 21.6 Å². The van der Waals surface area contributed by atoms with Gasteiger partial charge in [0.2, 0.25) is 0 Å². The van der Waals surface area contributed by atoms with Crippen molar-refractivity contribution in [3.8, 4) is 0 Å². The Balaban J connectivity index is 2.55. The number of halogens is 1. The van der Waals surface area contributed by atoms with Crippen molar-refractivity contribution in [2.45, 2.75) is 26.3 Å². The van der Waals surface area contributed by atoms with E-state index in [1.165, 1.54) is 4.68 Å². The highest BCUT2D eigenvalue weighted by Crippen LogP contribution is 2.16. The second kappa shape index (κ2) is 9.10. The van der Waals surface area contributed by atoms with Crippen molar-refractivity contribution in [2.24, 2.45) is 5.92 Å². The molecule has 0 aliphatic heterocycles. The fourth-order valence-electron chi connectivity index (χ4n) is 1.69. The zero-order chi connectivity index (χ0) is 15.0. The van der Waals surface area contributed by atoms with Crippen molar-refractivity contribution in [3.05, 3.63) is 21.0 Å². The lowest BCUT2D eigenvalue weighted by molar-refractivity contribution is 0.181. The van der Waals surface area contributed by atoms with Gasteiger partial charge in [-0.05, 0) is 34.7 Å². The molecule has 0 aliphatic rings. The predicted octanol–water partition coefficient (Wildman–Crippen LogP) is 1.47. The van der Waals surface area contributed by atoms with Crippen LogP contribution in [-0.2, 0) is 11.3 Å². The number of anilines is 1. The lowest BCUT2D eigenvalue weighted by Gasteiger charge is -2.11. The smallest absolute Gasteiger partial charge is 0.283 e. The summed E-state index contributed by atoms with van der Waals surface area (Å²) in [5.41, 5.74) is 0.524. The Bertz CT molecular complexity index is 465. The first kappa shape index (κ1) is 17.1. The fraction of sp³-hybridized carbons (Fsp3) is 0.692. The molecule has 1 unspecified atom stereocenters. The largest absolute Gasteiger partial charge is 0.396 e. The molecule has 1 aromatic rings. The Hall–Kier alpha value is -0.920. The molecule has 1 heterocycles. The van der Waals surface area contributed by atoms with Gasteiger partial charge in [-0.15, -0.1) is 0 Å². The quantitative estimate of drug-likeness (QED) is 0.661. The minimum absolute atomic E-state index is 0.171. The average Bonchev–Trinajstić information content (AvgIpc) is 2.46. The molecule has 0 bridgehead atoms. The Morgan fingerprint density at radius 2 is 2.35 bits per heavy atom. The van der Waals surface area contributed by atoms with Crippen LogP contribution in [0.15, 0.2) is 15.5 Å². The van der Waals surface area contributed by atoms with Crippen molar-refractivity contribution in [2.75, 3.05) is 32.2 Å². The van der Waals surface area contributed by atoms with Crippen LogP contribution in [0.2, 0.25) is 0 Å². The third-order valence-corrected chi connectivity index (χ3v) is 3.76. The van der Waals surface area contributed by atoms with Crippen molar-refractivity contribution in [1.82, 2.24) is 9.78 Å². The van der Waals surface area contributed by atoms with Gasteiger partial charge in [-0.2, -0.15) is 5.10 Å². The molecule has 7 heteroatoms. The summed E-state index contributed by atoms with van der Waals surface area (Å²) < 4.78 is 6.78. The lowest BCUT2D eigenvalue weighted by Crippen LogP contribution is -2.26. The molecule has 1 atom stereocenters. The maximum absolute atomic E-state index is 12.0. The molecule has 6 nitrogen and oxygen atoms in total. The Labute approximate surface area is 127 Å². The Kier molecular flexibility index (Phi) is 7.79. The van der Waals surface area contributed by atoms with E-state index in [4.69, 9.17) is 9.84 Å². The van der Waals surface area contributed by atoms with Crippen LogP contribution < -0.4 is 10.9 Å². The molecule has 114 valence electrons. The molecule has 20 heavy (non-hydrogen) atoms. The Morgan fingerprint density at radius 3 is 3.00 bits per heavy atom. The van der Waals surface area contributed by atoms with E-state index in [1.54, 1.807) is 13.3 Å². The first-order valence-corrected chi connectivity index (χ1v) is 7.48. The second-order valence-electron chi connectivity index (χ2n) is 4.75. The molecule has 1 rings (SSSR count). The van der Waals surface area contributed by atoms with Crippen LogP contribution in [0.1, 0.15) is 19.8 Å². The molecular weight excluding hydrogens is 326 g/mol. The summed E-state index contributed by atoms with van der Waals surface area (Å²) in [5.74, 6) is 0.306. The lowest BCUT2D eigenvalue weighted by atomic mass is 10.1. The zero-order valence-electron chi connectivity index (χ0n) is 11.9. The summed E-state index contributed by atoms with van der Waals surface area (Å²) in [5, 5.41) is 16.2. The number of hydrogen-bond acceptors (Lipinski definition) is 5. The highest BCUT2D eigenvalue weighted by atomic mass is 79.9. The molecule has 0 fully saturated rings. The topological polar surface area (TPSA) is 76.4 Å². The van der Waals surface area contributed by atoms with Crippen LogP contribution in [0, 0.1) is 5.92 Å². The third kappa shape index (κ3) is 5.22. The summed E-state index contributed by atoms with van der Waals surface area (Å²) in [4.78, 5) is 12.0. The van der Waals surface area contributed by atoms with E-state index in [-0.39, 0.29) is 12.2 Å². The normalized spacial score (nSPS) is 12.4. The van der Waals surface area contributed by atoms with Crippen LogP contribution in [0.4, 0.5) is 5.69 Å². The summed E-state index contributed by atoms with van der Waals surface area (Å²) in [6.45, 7) is 3.84. The molecule has 0 radical (unpaired) electrons. The third-order valence-electron chi connectivity index (χ3n) is 2.99. The highest BCUT2D eigenvalue weighted by Gasteiger charge is 2.08. The molecule has 1 aromatic heterocycles. The molecule has 0 amide bonds. The van der Waals surface area contributed by atoms with Gasteiger partial charge < -0.3 is 15.2 Å². The number of methoxy groups -OCH3 is 1. The van der Waals surface area contributed by atoms with E-state index in [2.05, 4.69) is 26.3 Å². The summed E-state index contributed by atoms with van der Waals surface area (Å²) >= 11 is 3.30. The number of aliphatic hydroxyl groups excluding tert-OH is 1. The van der Waals surface area contributed by atoms with Gasteiger partial charge in [-0.3, -0.25) is 4.79 Å².